The third kappa shape index (κ3) is 10.4. The van der Waals surface area contributed by atoms with Crippen LogP contribution in [0.3, 0.4) is 0 Å². The summed E-state index contributed by atoms with van der Waals surface area (Å²) in [4.78, 5) is 56.1. The first kappa shape index (κ1) is 49.2. The molecule has 2 fully saturated rings. The van der Waals surface area contributed by atoms with Crippen molar-refractivity contribution in [2.24, 2.45) is 0 Å². The summed E-state index contributed by atoms with van der Waals surface area (Å²) in [5.41, 5.74) is 5.14. The van der Waals surface area contributed by atoms with Gasteiger partial charge in [-0.15, -0.1) is 11.3 Å². The number of halogens is 3. The SMILES string of the molecule is Cc1cc([C@H](CCCOc2ccc(-c3cnc4[nH]cc(C(=O)c5c(F)ccc(N(N6CC[C@@H](F)C6)S(=O)O)c5F)c4c3)cc2)C(=O)N2C[C@H](O)C[C@H]2C(=O)N[C@@H](C)c2ccc(-c3scnc3C)cc2)on1. The van der Waals surface area contributed by atoms with Crippen molar-refractivity contribution in [1.82, 2.24) is 35.3 Å². The fraction of sp³-hybridized carbons (Fsp3) is 0.320. The summed E-state index contributed by atoms with van der Waals surface area (Å²) < 4.78 is 80.0. The number of thiazole rings is 1. The largest absolute Gasteiger partial charge is 0.494 e. The van der Waals surface area contributed by atoms with E-state index in [9.17, 15) is 32.6 Å². The fourth-order valence-corrected chi connectivity index (χ4v) is 10.6. The van der Waals surface area contributed by atoms with E-state index in [1.54, 1.807) is 66.4 Å². The number of carbonyl (C=O) groups is 3. The summed E-state index contributed by atoms with van der Waals surface area (Å²) in [6.45, 7) is 5.48. The van der Waals surface area contributed by atoms with Crippen molar-refractivity contribution >= 4 is 56.9 Å². The summed E-state index contributed by atoms with van der Waals surface area (Å²) in [5, 5.41) is 19.2. The van der Waals surface area contributed by atoms with E-state index in [4.69, 9.17) is 9.26 Å². The smallest absolute Gasteiger partial charge is 0.277 e. The highest BCUT2D eigenvalue weighted by Gasteiger charge is 2.43. The lowest BCUT2D eigenvalue weighted by Gasteiger charge is -2.29. The lowest BCUT2D eigenvalue weighted by molar-refractivity contribution is -0.140. The zero-order valence-corrected chi connectivity index (χ0v) is 40.3. The number of hydrogen-bond acceptors (Lipinski definition) is 12. The van der Waals surface area contributed by atoms with Crippen molar-refractivity contribution < 1.29 is 50.7 Å². The first-order valence-electron chi connectivity index (χ1n) is 22.9. The summed E-state index contributed by atoms with van der Waals surface area (Å²) in [5.74, 6) is -4.32. The average Bonchev–Trinajstić information content (AvgIpc) is 4.22. The maximum Gasteiger partial charge on any atom is 0.277 e. The van der Waals surface area contributed by atoms with E-state index < -0.39 is 64.2 Å². The van der Waals surface area contributed by atoms with Crippen LogP contribution in [0.25, 0.3) is 32.6 Å². The molecule has 21 heteroatoms. The van der Waals surface area contributed by atoms with E-state index in [2.05, 4.69) is 25.4 Å². The maximum absolute atomic E-state index is 16.1. The molecule has 2 amide bonds. The van der Waals surface area contributed by atoms with Crippen molar-refractivity contribution in [3.05, 3.63) is 136 Å². The van der Waals surface area contributed by atoms with Gasteiger partial charge in [0.1, 0.15) is 40.9 Å². The van der Waals surface area contributed by atoms with Gasteiger partial charge in [-0.3, -0.25) is 18.9 Å². The molecule has 0 saturated carbocycles. The molecule has 1 unspecified atom stereocenters. The molecule has 2 saturated heterocycles. The number of ether oxygens (including phenoxy) is 1. The average molecular weight is 1010 g/mol. The van der Waals surface area contributed by atoms with E-state index in [1.165, 1.54) is 11.1 Å². The summed E-state index contributed by atoms with van der Waals surface area (Å²) in [7, 11) is 0. The van der Waals surface area contributed by atoms with Crippen LogP contribution in [-0.4, -0.2) is 106 Å². The van der Waals surface area contributed by atoms with Gasteiger partial charge in [0.05, 0.1) is 58.6 Å². The second-order valence-electron chi connectivity index (χ2n) is 17.7. The molecular weight excluding hydrogens is 962 g/mol. The number of hydrogen-bond donors (Lipinski definition) is 4. The Kier molecular flexibility index (Phi) is 14.5. The number of rotatable bonds is 17. The number of H-pyrrole nitrogens is 1. The number of benzene rings is 3. The molecule has 0 spiro atoms. The van der Waals surface area contributed by atoms with Gasteiger partial charge in [0, 0.05) is 54.5 Å². The van der Waals surface area contributed by atoms with E-state index in [0.717, 1.165) is 38.8 Å². The number of ketones is 1. The van der Waals surface area contributed by atoms with Gasteiger partial charge in [0.25, 0.3) is 11.3 Å². The van der Waals surface area contributed by atoms with E-state index in [-0.39, 0.29) is 80.0 Å². The third-order valence-corrected chi connectivity index (χ3v) is 14.5. The molecule has 370 valence electrons. The summed E-state index contributed by atoms with van der Waals surface area (Å²) in [6, 6.07) is 18.7. The quantitative estimate of drug-likeness (QED) is 0.0387. The highest BCUT2D eigenvalue weighted by atomic mass is 32.2. The number of likely N-dealkylation sites (tertiary alicyclic amines) is 1. The predicted molar refractivity (Wildman–Crippen MR) is 259 cm³/mol. The number of nitrogens with zero attached hydrogens (tertiary/aromatic N) is 6. The number of carbonyl (C=O) groups excluding carboxylic acids is 3. The number of aliphatic hydroxyl groups is 1. The molecule has 6 atom stereocenters. The normalized spacial score (nSPS) is 18.4. The van der Waals surface area contributed by atoms with Crippen LogP contribution in [0, 0.1) is 25.5 Å². The number of aliphatic hydroxyl groups excluding tert-OH is 1. The number of aryl methyl sites for hydroxylation is 2. The maximum atomic E-state index is 16.1. The summed E-state index contributed by atoms with van der Waals surface area (Å²) in [6.07, 6.45) is 1.44. The zero-order chi connectivity index (χ0) is 50.1. The molecule has 0 aliphatic carbocycles. The Bertz CT molecular complexity index is 3110. The molecule has 4 N–H and O–H groups in total. The van der Waals surface area contributed by atoms with Crippen molar-refractivity contribution in [2.75, 3.05) is 30.7 Å². The molecule has 71 heavy (non-hydrogen) atoms. The molecule has 7 aromatic rings. The van der Waals surface area contributed by atoms with Crippen molar-refractivity contribution in [1.29, 1.82) is 0 Å². The number of aromatic nitrogens is 4. The number of fused-ring (bicyclic) bond motifs is 1. The molecule has 2 aliphatic heterocycles. The van der Waals surface area contributed by atoms with Gasteiger partial charge >= 0.3 is 0 Å². The predicted octanol–water partition coefficient (Wildman–Crippen LogP) is 8.15. The number of hydrazine groups is 1. The van der Waals surface area contributed by atoms with Gasteiger partial charge in [0.15, 0.2) is 5.82 Å². The van der Waals surface area contributed by atoms with Crippen LogP contribution in [0.5, 0.6) is 5.75 Å². The highest BCUT2D eigenvalue weighted by molar-refractivity contribution is 7.80. The van der Waals surface area contributed by atoms with Gasteiger partial charge < -0.3 is 29.6 Å². The number of amides is 2. The van der Waals surface area contributed by atoms with Crippen LogP contribution < -0.4 is 14.5 Å². The minimum Gasteiger partial charge on any atom is -0.494 e. The number of pyridine rings is 1. The minimum absolute atomic E-state index is 0.00766. The molecular formula is C50H49F3N8O8S2. The van der Waals surface area contributed by atoms with Gasteiger partial charge in [-0.1, -0.05) is 41.6 Å². The van der Waals surface area contributed by atoms with Crippen LogP contribution in [0.4, 0.5) is 18.9 Å². The summed E-state index contributed by atoms with van der Waals surface area (Å²) >= 11 is -1.30. The van der Waals surface area contributed by atoms with Gasteiger partial charge in [-0.2, -0.15) is 4.41 Å². The molecule has 3 aromatic carbocycles. The molecule has 0 radical (unpaired) electrons. The Morgan fingerprint density at radius 3 is 2.46 bits per heavy atom. The van der Waals surface area contributed by atoms with E-state index >= 15 is 8.78 Å². The standard InChI is InChI=1S/C50H49F3N8O8S2/c1-27-19-43(69-58-27)37(50(65)60-25-35(62)21-42(60)49(64)57-28(2)30-6-8-32(9-7-30)47-29(3)56-26-70-47)5-4-18-68-36-12-10-31(11-13-36)33-20-38-39(23-55-48(38)54-22-33)46(63)44-40(52)14-15-41(45(44)53)61(71(66)67)59-17-16-34(51)24-59/h6-15,19-20,22-23,26,28,34-35,37,42,62H,4-5,16-18,21,24-25H2,1-3H3,(H,54,55)(H,57,64)(H,66,67)/t28-,34+,35+,37-,42-/m0/s1. The second kappa shape index (κ2) is 20.9. The van der Waals surface area contributed by atoms with Crippen molar-refractivity contribution in [3.8, 4) is 27.3 Å². The lowest BCUT2D eigenvalue weighted by atomic mass is 9.97. The number of aromatic amines is 1. The highest BCUT2D eigenvalue weighted by Crippen LogP contribution is 2.35. The van der Waals surface area contributed by atoms with Gasteiger partial charge in [-0.25, -0.2) is 32.4 Å². The third-order valence-electron chi connectivity index (χ3n) is 12.8. The van der Waals surface area contributed by atoms with Crippen LogP contribution >= 0.6 is 11.3 Å². The molecule has 4 aromatic heterocycles. The van der Waals surface area contributed by atoms with Crippen molar-refractivity contribution in [3.63, 3.8) is 0 Å². The Labute approximate surface area is 412 Å². The zero-order valence-electron chi connectivity index (χ0n) is 38.7. The molecule has 0 bridgehead atoms. The van der Waals surface area contributed by atoms with E-state index in [0.29, 0.717) is 39.2 Å². The Balaban J connectivity index is 0.842. The molecule has 6 heterocycles. The van der Waals surface area contributed by atoms with Crippen molar-refractivity contribution in [2.45, 2.75) is 76.7 Å². The molecule has 16 nitrogen and oxygen atoms in total. The van der Waals surface area contributed by atoms with Gasteiger partial charge in [0.2, 0.25) is 17.6 Å². The molecule has 2 aliphatic rings. The first-order chi connectivity index (χ1) is 34.1. The number of β-amino-alcohol motifs (C(OH)–C–C–N with tert-alkyl or cyclic N) is 1. The number of anilines is 1. The first-order valence-corrected chi connectivity index (χ1v) is 24.8. The number of alkyl halides is 1. The Morgan fingerprint density at radius 1 is 1.03 bits per heavy atom. The second-order valence-corrected chi connectivity index (χ2v) is 19.3. The number of nitrogens with one attached hydrogen (secondary N) is 2. The monoisotopic (exact) mass is 1010 g/mol. The Hall–Kier alpha value is -6.78. The van der Waals surface area contributed by atoms with E-state index in [1.807, 2.05) is 38.1 Å². The van der Waals surface area contributed by atoms with Crippen LogP contribution in [-0.2, 0) is 20.9 Å². The van der Waals surface area contributed by atoms with Crippen LogP contribution in [0.2, 0.25) is 0 Å². The molecule has 9 rings (SSSR count). The lowest BCUT2D eigenvalue weighted by Crippen LogP contribution is -2.48. The fourth-order valence-electron chi connectivity index (χ4n) is 9.14. The Morgan fingerprint density at radius 2 is 1.79 bits per heavy atom. The van der Waals surface area contributed by atoms with Crippen LogP contribution in [0.15, 0.2) is 95.2 Å². The van der Waals surface area contributed by atoms with Gasteiger partial charge in [-0.05, 0) is 87.1 Å². The topological polar surface area (TPSA) is 207 Å². The van der Waals surface area contributed by atoms with Crippen LogP contribution in [0.1, 0.15) is 83.2 Å². The minimum atomic E-state index is -2.85.